The van der Waals surface area contributed by atoms with E-state index >= 15 is 0 Å². The first kappa shape index (κ1) is 26.0. The predicted molar refractivity (Wildman–Crippen MR) is 151 cm³/mol. The van der Waals surface area contributed by atoms with E-state index in [9.17, 15) is 4.21 Å². The molecule has 4 rings (SSSR count). The Balaban J connectivity index is 1.61. The van der Waals surface area contributed by atoms with Gasteiger partial charge in [0.1, 0.15) is 4.87 Å². The molecular formula is C31H38ClNOS. The van der Waals surface area contributed by atoms with Crippen LogP contribution in [0.3, 0.4) is 0 Å². The van der Waals surface area contributed by atoms with Gasteiger partial charge in [0.05, 0.1) is 16.8 Å². The van der Waals surface area contributed by atoms with E-state index in [-0.39, 0.29) is 6.04 Å². The van der Waals surface area contributed by atoms with Crippen molar-refractivity contribution in [2.75, 3.05) is 4.90 Å². The smallest absolute Gasteiger partial charge is 0.146 e. The van der Waals surface area contributed by atoms with E-state index in [4.69, 9.17) is 11.6 Å². The number of rotatable bonds is 13. The molecular weight excluding hydrogens is 470 g/mol. The van der Waals surface area contributed by atoms with Crippen LogP contribution < -0.4 is 4.90 Å². The van der Waals surface area contributed by atoms with Crippen molar-refractivity contribution in [3.8, 4) is 0 Å². The van der Waals surface area contributed by atoms with Gasteiger partial charge >= 0.3 is 0 Å². The summed E-state index contributed by atoms with van der Waals surface area (Å²) in [5.41, 5.74) is 3.50. The Hall–Kier alpha value is -2.10. The summed E-state index contributed by atoms with van der Waals surface area (Å²) in [6.07, 6.45) is 11.0. The Morgan fingerprint density at radius 2 is 1.40 bits per heavy atom. The maximum Gasteiger partial charge on any atom is 0.146 e. The molecule has 1 saturated heterocycles. The van der Waals surface area contributed by atoms with E-state index in [1.165, 1.54) is 56.1 Å². The molecule has 3 aromatic rings. The van der Waals surface area contributed by atoms with E-state index < -0.39 is 15.7 Å². The molecule has 3 atom stereocenters. The summed E-state index contributed by atoms with van der Waals surface area (Å²) in [4.78, 5) is 2.85. The number of para-hydroxylation sites is 1. The van der Waals surface area contributed by atoms with Crippen molar-refractivity contribution in [1.82, 2.24) is 0 Å². The maximum absolute atomic E-state index is 14.4. The summed E-state index contributed by atoms with van der Waals surface area (Å²) in [5, 5.41) is 0.731. The molecule has 186 valence electrons. The monoisotopic (exact) mass is 507 g/mol. The lowest BCUT2D eigenvalue weighted by atomic mass is 10.0. The number of benzene rings is 3. The lowest BCUT2D eigenvalue weighted by Gasteiger charge is -2.19. The number of anilines is 1. The quantitative estimate of drug-likeness (QED) is 0.170. The Morgan fingerprint density at radius 1 is 0.800 bits per heavy atom. The fourth-order valence-corrected chi connectivity index (χ4v) is 7.27. The van der Waals surface area contributed by atoms with Crippen LogP contribution in [0.1, 0.15) is 81.9 Å². The molecule has 0 spiro atoms. The lowest BCUT2D eigenvalue weighted by molar-refractivity contribution is 0.551. The second-order valence-corrected chi connectivity index (χ2v) is 12.0. The van der Waals surface area contributed by atoms with Crippen LogP contribution in [0, 0.1) is 6.92 Å². The molecule has 0 amide bonds. The summed E-state index contributed by atoms with van der Waals surface area (Å²) in [6, 6.07) is 26.9. The normalized spacial score (nSPS) is 20.1. The second kappa shape index (κ2) is 12.2. The van der Waals surface area contributed by atoms with Crippen molar-refractivity contribution in [3.05, 3.63) is 95.0 Å². The molecule has 1 aliphatic heterocycles. The third-order valence-electron chi connectivity index (χ3n) is 7.19. The highest BCUT2D eigenvalue weighted by atomic mass is 35.5. The van der Waals surface area contributed by atoms with E-state index in [0.29, 0.717) is 0 Å². The standard InChI is InChI=1S/C31H38ClNOS/c1-3-4-5-6-7-8-9-13-24-31(35(34)29-22-16-25(2)17-23-29)30(26-18-20-27(32)21-19-26)33(31)28-14-11-10-12-15-28/h10-12,14-23,30H,3-9,13,24H2,1-2H3/t30-,31-,33?,35?/m1/s1. The van der Waals surface area contributed by atoms with Gasteiger partial charge in [0, 0.05) is 15.6 Å². The molecule has 2 nitrogen and oxygen atoms in total. The highest BCUT2D eigenvalue weighted by Gasteiger charge is 2.67. The highest BCUT2D eigenvalue weighted by Crippen LogP contribution is 2.61. The van der Waals surface area contributed by atoms with Crippen LogP contribution in [0.4, 0.5) is 5.69 Å². The van der Waals surface area contributed by atoms with Gasteiger partial charge in [0.15, 0.2) is 0 Å². The van der Waals surface area contributed by atoms with Crippen molar-refractivity contribution in [2.45, 2.75) is 87.4 Å². The fourth-order valence-electron chi connectivity index (χ4n) is 5.24. The summed E-state index contributed by atoms with van der Waals surface area (Å²) in [7, 11) is -1.18. The largest absolute Gasteiger partial charge is 0.342 e. The average Bonchev–Trinajstić information content (AvgIpc) is 3.56. The molecule has 0 radical (unpaired) electrons. The second-order valence-electron chi connectivity index (χ2n) is 9.81. The minimum Gasteiger partial charge on any atom is -0.342 e. The fraction of sp³-hybridized carbons (Fsp3) is 0.419. The van der Waals surface area contributed by atoms with E-state index in [1.807, 2.05) is 30.3 Å². The molecule has 1 aliphatic rings. The van der Waals surface area contributed by atoms with E-state index in [2.05, 4.69) is 67.3 Å². The summed E-state index contributed by atoms with van der Waals surface area (Å²) in [6.45, 7) is 4.34. The molecule has 0 aromatic heterocycles. The van der Waals surface area contributed by atoms with Gasteiger partial charge in [0.25, 0.3) is 0 Å². The zero-order valence-corrected chi connectivity index (χ0v) is 22.7. The minimum absolute atomic E-state index is 0.0638. The van der Waals surface area contributed by atoms with Gasteiger partial charge in [-0.2, -0.15) is 0 Å². The molecule has 3 aromatic carbocycles. The molecule has 1 heterocycles. The molecule has 1 fully saturated rings. The number of unbranched alkanes of at least 4 members (excludes halogenated alkanes) is 7. The molecule has 35 heavy (non-hydrogen) atoms. The topological polar surface area (TPSA) is 20.1 Å². The van der Waals surface area contributed by atoms with Gasteiger partial charge in [-0.05, 0) is 55.3 Å². The summed E-state index contributed by atoms with van der Waals surface area (Å²) < 4.78 is 14.4. The van der Waals surface area contributed by atoms with Crippen molar-refractivity contribution in [2.24, 2.45) is 0 Å². The van der Waals surface area contributed by atoms with Crippen LogP contribution in [-0.2, 0) is 10.8 Å². The Bertz CT molecular complexity index is 1080. The molecule has 1 unspecified atom stereocenters. The van der Waals surface area contributed by atoms with Crippen LogP contribution in [0.2, 0.25) is 5.02 Å². The number of halogens is 1. The van der Waals surface area contributed by atoms with Gasteiger partial charge in [-0.25, -0.2) is 0 Å². The molecule has 0 bridgehead atoms. The van der Waals surface area contributed by atoms with Crippen molar-refractivity contribution in [1.29, 1.82) is 0 Å². The predicted octanol–water partition coefficient (Wildman–Crippen LogP) is 9.24. The lowest BCUT2D eigenvalue weighted by Crippen LogP contribution is -2.25. The molecule has 4 heteroatoms. The Labute approximate surface area is 219 Å². The van der Waals surface area contributed by atoms with Gasteiger partial charge < -0.3 is 4.90 Å². The van der Waals surface area contributed by atoms with Gasteiger partial charge in [0.2, 0.25) is 0 Å². The molecule has 0 N–H and O–H groups in total. The van der Waals surface area contributed by atoms with Crippen LogP contribution >= 0.6 is 11.6 Å². The van der Waals surface area contributed by atoms with Gasteiger partial charge in [-0.3, -0.25) is 4.21 Å². The first-order chi connectivity index (χ1) is 17.1. The van der Waals surface area contributed by atoms with Crippen LogP contribution in [0.25, 0.3) is 0 Å². The SMILES string of the molecule is CCCCCCCCCC[C@@]1(S(=O)c2ccc(C)cc2)[C@@H](c2ccc(Cl)cc2)N1c1ccccc1. The Kier molecular flexibility index (Phi) is 9.08. The van der Waals surface area contributed by atoms with Crippen LogP contribution in [-0.4, -0.2) is 9.08 Å². The molecule has 0 aliphatic carbocycles. The number of hydrogen-bond donors (Lipinski definition) is 0. The van der Waals surface area contributed by atoms with Crippen LogP contribution in [0.5, 0.6) is 0 Å². The third-order valence-corrected chi connectivity index (χ3v) is 9.41. The maximum atomic E-state index is 14.4. The van der Waals surface area contributed by atoms with E-state index in [0.717, 1.165) is 28.4 Å². The van der Waals surface area contributed by atoms with Crippen molar-refractivity contribution in [3.63, 3.8) is 0 Å². The van der Waals surface area contributed by atoms with E-state index in [1.54, 1.807) is 0 Å². The Morgan fingerprint density at radius 3 is 2.03 bits per heavy atom. The van der Waals surface area contributed by atoms with Crippen molar-refractivity contribution < 1.29 is 4.21 Å². The summed E-state index contributed by atoms with van der Waals surface area (Å²) in [5.74, 6) is 0. The summed E-state index contributed by atoms with van der Waals surface area (Å²) >= 11 is 6.22. The van der Waals surface area contributed by atoms with Gasteiger partial charge in [-0.15, -0.1) is 0 Å². The minimum atomic E-state index is -1.18. The first-order valence-electron chi connectivity index (χ1n) is 13.2. The number of hydrogen-bond acceptors (Lipinski definition) is 2. The highest BCUT2D eigenvalue weighted by molar-refractivity contribution is 7.87. The third kappa shape index (κ3) is 6.01. The zero-order valence-electron chi connectivity index (χ0n) is 21.1. The zero-order chi connectivity index (χ0) is 24.7. The number of nitrogens with zero attached hydrogens (tertiary/aromatic N) is 1. The molecule has 0 saturated carbocycles. The van der Waals surface area contributed by atoms with Crippen LogP contribution in [0.15, 0.2) is 83.8 Å². The first-order valence-corrected chi connectivity index (χ1v) is 14.7. The van der Waals surface area contributed by atoms with Gasteiger partial charge in [-0.1, -0.05) is 118 Å². The average molecular weight is 508 g/mol. The number of aryl methyl sites for hydroxylation is 1. The van der Waals surface area contributed by atoms with Crippen molar-refractivity contribution >= 4 is 28.1 Å².